The van der Waals surface area contributed by atoms with Crippen molar-refractivity contribution in [2.24, 2.45) is 0 Å². The number of hydrogen-bond donors (Lipinski definition) is 1. The van der Waals surface area contributed by atoms with Crippen LogP contribution in [-0.2, 0) is 17.5 Å². The number of nitrogens with zero attached hydrogens (tertiary/aromatic N) is 1. The SMILES string of the molecule is O=C1CNCCN1Cc1cccc(C(F)(F)F)c1. The van der Waals surface area contributed by atoms with Gasteiger partial charge in [-0.25, -0.2) is 0 Å². The second-order valence-electron chi connectivity index (χ2n) is 4.19. The van der Waals surface area contributed by atoms with Gasteiger partial charge in [0.2, 0.25) is 5.91 Å². The summed E-state index contributed by atoms with van der Waals surface area (Å²) in [5.41, 5.74) is -0.178. The Kier molecular flexibility index (Phi) is 3.56. The van der Waals surface area contributed by atoms with Gasteiger partial charge in [0, 0.05) is 19.6 Å². The standard InChI is InChI=1S/C12H13F3N2O/c13-12(14,15)10-3-1-2-9(6-10)8-17-5-4-16-7-11(17)18/h1-3,6,16H,4-5,7-8H2. The lowest BCUT2D eigenvalue weighted by molar-refractivity contribution is -0.137. The number of benzene rings is 1. The Labute approximate surface area is 103 Å². The van der Waals surface area contributed by atoms with E-state index >= 15 is 0 Å². The van der Waals surface area contributed by atoms with Gasteiger partial charge in [-0.05, 0) is 17.7 Å². The van der Waals surface area contributed by atoms with E-state index in [1.807, 2.05) is 0 Å². The third-order valence-corrected chi connectivity index (χ3v) is 2.82. The molecule has 0 radical (unpaired) electrons. The van der Waals surface area contributed by atoms with Crippen LogP contribution in [0.1, 0.15) is 11.1 Å². The van der Waals surface area contributed by atoms with Crippen molar-refractivity contribution in [3.8, 4) is 0 Å². The van der Waals surface area contributed by atoms with E-state index in [1.54, 1.807) is 11.0 Å². The molecule has 3 nitrogen and oxygen atoms in total. The number of amides is 1. The number of piperazine rings is 1. The molecule has 18 heavy (non-hydrogen) atoms. The first-order valence-electron chi connectivity index (χ1n) is 5.61. The number of alkyl halides is 3. The Hall–Kier alpha value is -1.56. The van der Waals surface area contributed by atoms with E-state index in [9.17, 15) is 18.0 Å². The molecule has 1 saturated heterocycles. The highest BCUT2D eigenvalue weighted by Crippen LogP contribution is 2.29. The first-order chi connectivity index (χ1) is 8.47. The molecule has 0 unspecified atom stereocenters. The van der Waals surface area contributed by atoms with Gasteiger partial charge in [-0.2, -0.15) is 13.2 Å². The van der Waals surface area contributed by atoms with Crippen molar-refractivity contribution in [2.75, 3.05) is 19.6 Å². The Morgan fingerprint density at radius 2 is 2.11 bits per heavy atom. The van der Waals surface area contributed by atoms with Gasteiger partial charge in [0.1, 0.15) is 0 Å². The van der Waals surface area contributed by atoms with Crippen LogP contribution in [0.3, 0.4) is 0 Å². The fourth-order valence-electron chi connectivity index (χ4n) is 1.88. The molecule has 1 heterocycles. The molecular formula is C12H13F3N2O. The van der Waals surface area contributed by atoms with E-state index in [0.29, 0.717) is 18.7 Å². The lowest BCUT2D eigenvalue weighted by Gasteiger charge is -2.27. The molecule has 0 saturated carbocycles. The Morgan fingerprint density at radius 1 is 1.33 bits per heavy atom. The summed E-state index contributed by atoms with van der Waals surface area (Å²) in [5, 5.41) is 2.91. The maximum atomic E-state index is 12.5. The second-order valence-corrected chi connectivity index (χ2v) is 4.19. The minimum atomic E-state index is -4.34. The first kappa shape index (κ1) is 12.9. The lowest BCUT2D eigenvalue weighted by atomic mass is 10.1. The zero-order chi connectivity index (χ0) is 13.2. The van der Waals surface area contributed by atoms with E-state index in [2.05, 4.69) is 5.32 Å². The van der Waals surface area contributed by atoms with Gasteiger partial charge in [0.05, 0.1) is 12.1 Å². The monoisotopic (exact) mass is 258 g/mol. The molecular weight excluding hydrogens is 245 g/mol. The molecule has 1 aliphatic rings. The van der Waals surface area contributed by atoms with Crippen LogP contribution in [-0.4, -0.2) is 30.4 Å². The van der Waals surface area contributed by atoms with Gasteiger partial charge in [0.15, 0.2) is 0 Å². The molecule has 1 amide bonds. The van der Waals surface area contributed by atoms with E-state index in [4.69, 9.17) is 0 Å². The van der Waals surface area contributed by atoms with Crippen LogP contribution in [0, 0.1) is 0 Å². The predicted molar refractivity (Wildman–Crippen MR) is 59.7 cm³/mol. The van der Waals surface area contributed by atoms with Gasteiger partial charge in [-0.15, -0.1) is 0 Å². The Morgan fingerprint density at radius 3 is 2.78 bits per heavy atom. The average molecular weight is 258 g/mol. The number of halogens is 3. The number of rotatable bonds is 2. The maximum absolute atomic E-state index is 12.5. The van der Waals surface area contributed by atoms with Crippen LogP contribution in [0.25, 0.3) is 0 Å². The van der Waals surface area contributed by atoms with Crippen molar-refractivity contribution >= 4 is 5.91 Å². The highest BCUT2D eigenvalue weighted by atomic mass is 19.4. The summed E-state index contributed by atoms with van der Waals surface area (Å²) < 4.78 is 37.6. The van der Waals surface area contributed by atoms with E-state index in [1.165, 1.54) is 6.07 Å². The van der Waals surface area contributed by atoms with Crippen LogP contribution < -0.4 is 5.32 Å². The first-order valence-corrected chi connectivity index (χ1v) is 5.61. The molecule has 0 aromatic heterocycles. The molecule has 0 aliphatic carbocycles. The third kappa shape index (κ3) is 3.01. The summed E-state index contributed by atoms with van der Waals surface area (Å²) in [4.78, 5) is 13.1. The minimum absolute atomic E-state index is 0.0846. The quantitative estimate of drug-likeness (QED) is 0.874. The normalized spacial score (nSPS) is 17.1. The van der Waals surface area contributed by atoms with Crippen molar-refractivity contribution in [2.45, 2.75) is 12.7 Å². The molecule has 0 bridgehead atoms. The van der Waals surface area contributed by atoms with Crippen LogP contribution in [0.2, 0.25) is 0 Å². The zero-order valence-corrected chi connectivity index (χ0v) is 9.63. The Balaban J connectivity index is 2.12. The summed E-state index contributed by atoms with van der Waals surface area (Å²) >= 11 is 0. The topological polar surface area (TPSA) is 32.3 Å². The van der Waals surface area contributed by atoms with Crippen molar-refractivity contribution in [1.82, 2.24) is 10.2 Å². The maximum Gasteiger partial charge on any atom is 0.416 e. The molecule has 6 heteroatoms. The number of carbonyl (C=O) groups excluding carboxylic acids is 1. The van der Waals surface area contributed by atoms with E-state index in [-0.39, 0.29) is 19.0 Å². The molecule has 1 fully saturated rings. The summed E-state index contributed by atoms with van der Waals surface area (Å²) in [7, 11) is 0. The molecule has 0 spiro atoms. The van der Waals surface area contributed by atoms with Crippen molar-refractivity contribution in [3.63, 3.8) is 0 Å². The molecule has 1 N–H and O–H groups in total. The van der Waals surface area contributed by atoms with Crippen LogP contribution in [0.4, 0.5) is 13.2 Å². The minimum Gasteiger partial charge on any atom is -0.336 e. The van der Waals surface area contributed by atoms with Crippen molar-refractivity contribution in [1.29, 1.82) is 0 Å². The third-order valence-electron chi connectivity index (χ3n) is 2.82. The van der Waals surface area contributed by atoms with Crippen LogP contribution in [0.5, 0.6) is 0 Å². The van der Waals surface area contributed by atoms with E-state index < -0.39 is 11.7 Å². The molecule has 1 aromatic carbocycles. The summed E-state index contributed by atoms with van der Waals surface area (Å²) in [5.74, 6) is -0.0846. The van der Waals surface area contributed by atoms with E-state index in [0.717, 1.165) is 12.1 Å². The molecule has 0 atom stereocenters. The van der Waals surface area contributed by atoms with Gasteiger partial charge in [-0.3, -0.25) is 4.79 Å². The average Bonchev–Trinajstić information content (AvgIpc) is 2.31. The van der Waals surface area contributed by atoms with Crippen molar-refractivity contribution < 1.29 is 18.0 Å². The lowest BCUT2D eigenvalue weighted by Crippen LogP contribution is -2.47. The molecule has 1 aliphatic heterocycles. The second kappa shape index (κ2) is 4.97. The largest absolute Gasteiger partial charge is 0.416 e. The predicted octanol–water partition coefficient (Wildman–Crippen LogP) is 1.64. The molecule has 1 aromatic rings. The van der Waals surface area contributed by atoms with Gasteiger partial charge < -0.3 is 10.2 Å². The fourth-order valence-corrected chi connectivity index (χ4v) is 1.88. The number of nitrogens with one attached hydrogen (secondary N) is 1. The van der Waals surface area contributed by atoms with Gasteiger partial charge in [0.25, 0.3) is 0 Å². The smallest absolute Gasteiger partial charge is 0.336 e. The number of hydrogen-bond acceptors (Lipinski definition) is 2. The Bertz CT molecular complexity index is 445. The number of carbonyl (C=O) groups is 1. The fraction of sp³-hybridized carbons (Fsp3) is 0.417. The summed E-state index contributed by atoms with van der Waals surface area (Å²) in [6.07, 6.45) is -4.34. The van der Waals surface area contributed by atoms with Crippen LogP contribution in [0.15, 0.2) is 24.3 Å². The molecule has 2 rings (SSSR count). The molecule has 98 valence electrons. The summed E-state index contributed by atoms with van der Waals surface area (Å²) in [6.45, 7) is 1.67. The highest BCUT2D eigenvalue weighted by molar-refractivity contribution is 5.78. The van der Waals surface area contributed by atoms with Gasteiger partial charge in [-0.1, -0.05) is 12.1 Å². The zero-order valence-electron chi connectivity index (χ0n) is 9.63. The van der Waals surface area contributed by atoms with Crippen molar-refractivity contribution in [3.05, 3.63) is 35.4 Å². The summed E-state index contributed by atoms with van der Waals surface area (Å²) in [6, 6.07) is 5.09. The van der Waals surface area contributed by atoms with Crippen LogP contribution >= 0.6 is 0 Å². The highest BCUT2D eigenvalue weighted by Gasteiger charge is 2.30. The van der Waals surface area contributed by atoms with Gasteiger partial charge >= 0.3 is 6.18 Å².